The Labute approximate surface area is 269 Å². The molecule has 5 rings (SSSR count). The van der Waals surface area contributed by atoms with E-state index in [0.29, 0.717) is 50.0 Å². The van der Waals surface area contributed by atoms with E-state index in [1.54, 1.807) is 48.5 Å². The molecule has 5 aromatic carbocycles. The SMILES string of the molecule is Nc1ccc2cc(S(=O)(=O)O)c(N=Nc3ccc(N=Nc4cc(COO)cc(COO)c4)c4cc[c-]cc34)c(O)c2c1.[Y]. The third-order valence-corrected chi connectivity index (χ3v) is 7.07. The van der Waals surface area contributed by atoms with Crippen LogP contribution in [-0.2, 0) is 65.8 Å². The van der Waals surface area contributed by atoms with Crippen LogP contribution in [0.5, 0.6) is 5.75 Å². The summed E-state index contributed by atoms with van der Waals surface area (Å²) in [5, 5.41) is 47.0. The van der Waals surface area contributed by atoms with E-state index in [-0.39, 0.29) is 51.3 Å². The molecule has 0 heterocycles. The predicted octanol–water partition coefficient (Wildman–Crippen LogP) is 7.14. The molecule has 6 N–H and O–H groups in total. The molecule has 0 unspecified atom stereocenters. The average Bonchev–Trinajstić information content (AvgIpc) is 2.96. The van der Waals surface area contributed by atoms with Gasteiger partial charge in [-0.05, 0) is 59.0 Å². The third kappa shape index (κ3) is 7.26. The molecule has 15 heteroatoms. The van der Waals surface area contributed by atoms with Crippen molar-refractivity contribution in [1.82, 2.24) is 0 Å². The van der Waals surface area contributed by atoms with Gasteiger partial charge in [-0.3, -0.25) is 15.1 Å². The number of benzene rings is 5. The van der Waals surface area contributed by atoms with Gasteiger partial charge in [-0.1, -0.05) is 22.9 Å². The molecule has 0 aliphatic rings. The minimum absolute atomic E-state index is 0. The normalized spacial score (nSPS) is 12.0. The molecular weight excluding hydrogens is 655 g/mol. The van der Waals surface area contributed by atoms with Gasteiger partial charge in [0.15, 0.2) is 5.75 Å². The molecular formula is C28H22N5O8SY-. The standard InChI is InChI=1S/C28H22N5O8S.Y/c29-19-6-5-18-12-26(42(37,38)39)27(28(34)23(18)13-19)33-32-25-8-7-24(21-3-1-2-4-22(21)25)31-30-20-10-16(14-40-35)9-17(11-20)15-41-36;/h1,3-13,34-36H,14-15,29H2,(H,37,38,39);/q-1;. The summed E-state index contributed by atoms with van der Waals surface area (Å²) in [4.78, 5) is 7.77. The number of anilines is 1. The van der Waals surface area contributed by atoms with Crippen molar-refractivity contribution >= 4 is 60.1 Å². The number of aromatic hydroxyl groups is 1. The summed E-state index contributed by atoms with van der Waals surface area (Å²) in [5.41, 5.74) is 7.98. The van der Waals surface area contributed by atoms with Crippen molar-refractivity contribution in [1.29, 1.82) is 0 Å². The van der Waals surface area contributed by atoms with Crippen molar-refractivity contribution < 1.29 is 71.1 Å². The second kappa shape index (κ2) is 13.7. The Kier molecular flexibility index (Phi) is 10.3. The van der Waals surface area contributed by atoms with Crippen molar-refractivity contribution in [3.05, 3.63) is 90.0 Å². The number of fused-ring (bicyclic) bond motifs is 2. The molecule has 0 atom stereocenters. The number of phenolic OH excluding ortho intramolecular Hbond substituents is 1. The van der Waals surface area contributed by atoms with Gasteiger partial charge in [-0.25, -0.2) is 9.78 Å². The van der Waals surface area contributed by atoms with E-state index < -0.39 is 26.5 Å². The first kappa shape index (κ1) is 32.2. The van der Waals surface area contributed by atoms with Gasteiger partial charge in [0.2, 0.25) is 0 Å². The summed E-state index contributed by atoms with van der Waals surface area (Å²) >= 11 is 0. The number of phenols is 1. The smallest absolute Gasteiger partial charge is 0.296 e. The molecule has 43 heavy (non-hydrogen) atoms. The van der Waals surface area contributed by atoms with Crippen LogP contribution in [0, 0.1) is 6.07 Å². The van der Waals surface area contributed by atoms with Gasteiger partial charge in [0.25, 0.3) is 10.1 Å². The first-order chi connectivity index (χ1) is 20.2. The maximum absolute atomic E-state index is 12.1. The summed E-state index contributed by atoms with van der Waals surface area (Å²) in [7, 11) is -4.78. The van der Waals surface area contributed by atoms with Gasteiger partial charge in [0.05, 0.1) is 11.4 Å². The number of nitrogens with two attached hydrogens (primary N) is 1. The molecule has 1 radical (unpaired) electrons. The maximum Gasteiger partial charge on any atom is 0.296 e. The zero-order valence-electron chi connectivity index (χ0n) is 22.1. The molecule has 0 bridgehead atoms. The molecule has 217 valence electrons. The fourth-order valence-corrected chi connectivity index (χ4v) is 5.02. The zero-order chi connectivity index (χ0) is 29.9. The van der Waals surface area contributed by atoms with Crippen LogP contribution >= 0.6 is 0 Å². The summed E-state index contributed by atoms with van der Waals surface area (Å²) in [6, 6.07) is 21.7. The minimum atomic E-state index is -4.78. The van der Waals surface area contributed by atoms with E-state index in [1.165, 1.54) is 24.3 Å². The van der Waals surface area contributed by atoms with Crippen LogP contribution in [0.4, 0.5) is 28.4 Å². The van der Waals surface area contributed by atoms with Crippen molar-refractivity contribution in [2.75, 3.05) is 5.73 Å². The number of hydrogen-bond acceptors (Lipinski definition) is 12. The maximum atomic E-state index is 12.1. The Morgan fingerprint density at radius 1 is 0.791 bits per heavy atom. The average molecular weight is 677 g/mol. The van der Waals surface area contributed by atoms with Crippen molar-refractivity contribution in [2.45, 2.75) is 18.1 Å². The Morgan fingerprint density at radius 2 is 1.44 bits per heavy atom. The Morgan fingerprint density at radius 3 is 2.09 bits per heavy atom. The molecule has 0 amide bonds. The first-order valence-electron chi connectivity index (χ1n) is 12.1. The molecule has 0 aliphatic heterocycles. The van der Waals surface area contributed by atoms with E-state index in [0.717, 1.165) is 0 Å². The quantitative estimate of drug-likeness (QED) is 0.0268. The monoisotopic (exact) mass is 677 g/mol. The Hall–Kier alpha value is -3.73. The van der Waals surface area contributed by atoms with Crippen LogP contribution in [0.15, 0.2) is 98.1 Å². The zero-order valence-corrected chi connectivity index (χ0v) is 25.8. The van der Waals surface area contributed by atoms with Crippen molar-refractivity contribution in [2.24, 2.45) is 20.5 Å². The second-order valence-corrected chi connectivity index (χ2v) is 10.4. The molecule has 0 saturated carbocycles. The number of nitrogens with zero attached hydrogens (tertiary/aromatic N) is 4. The topological polar surface area (TPSA) is 209 Å². The van der Waals surface area contributed by atoms with Crippen molar-refractivity contribution in [3.63, 3.8) is 0 Å². The molecule has 0 fully saturated rings. The molecule has 0 aromatic heterocycles. The molecule has 0 saturated heterocycles. The Bertz CT molecular complexity index is 1960. The van der Waals surface area contributed by atoms with Gasteiger partial charge in [-0.2, -0.15) is 48.0 Å². The van der Waals surface area contributed by atoms with Crippen LogP contribution in [0.25, 0.3) is 21.5 Å². The largest absolute Gasteiger partial charge is 0.505 e. The van der Waals surface area contributed by atoms with Crippen LogP contribution < -0.4 is 5.73 Å². The van der Waals surface area contributed by atoms with E-state index >= 15 is 0 Å². The first-order valence-corrected chi connectivity index (χ1v) is 13.6. The minimum Gasteiger partial charge on any atom is -0.505 e. The summed E-state index contributed by atoms with van der Waals surface area (Å²) in [6.45, 7) is -0.223. The van der Waals surface area contributed by atoms with E-state index in [4.69, 9.17) is 16.2 Å². The van der Waals surface area contributed by atoms with Crippen LogP contribution in [0.3, 0.4) is 0 Å². The summed E-state index contributed by atoms with van der Waals surface area (Å²) < 4.78 is 34.1. The number of hydrogen-bond donors (Lipinski definition) is 5. The molecule has 5 aromatic rings. The molecule has 0 aliphatic carbocycles. The number of nitrogen functional groups attached to an aromatic ring is 1. The number of azo groups is 2. The predicted molar refractivity (Wildman–Crippen MR) is 152 cm³/mol. The van der Waals surface area contributed by atoms with E-state index in [1.807, 2.05) is 0 Å². The van der Waals surface area contributed by atoms with Gasteiger partial charge in [0.1, 0.15) is 23.8 Å². The van der Waals surface area contributed by atoms with Crippen LogP contribution in [0.2, 0.25) is 0 Å². The fraction of sp³-hybridized carbons (Fsp3) is 0.0714. The molecule has 13 nitrogen and oxygen atoms in total. The Balaban J connectivity index is 0.00000423. The fourth-order valence-electron chi connectivity index (χ4n) is 4.36. The number of rotatable bonds is 9. The van der Waals surface area contributed by atoms with E-state index in [9.17, 15) is 18.1 Å². The van der Waals surface area contributed by atoms with Gasteiger partial charge >= 0.3 is 0 Å². The van der Waals surface area contributed by atoms with Gasteiger partial charge < -0.3 is 10.8 Å². The van der Waals surface area contributed by atoms with E-state index in [2.05, 4.69) is 36.3 Å². The van der Waals surface area contributed by atoms with Gasteiger partial charge in [0, 0.05) is 49.5 Å². The second-order valence-electron chi connectivity index (χ2n) is 9.06. The molecule has 0 spiro atoms. The third-order valence-electron chi connectivity index (χ3n) is 6.20. The van der Waals surface area contributed by atoms with Gasteiger partial charge in [-0.15, -0.1) is 5.11 Å². The van der Waals surface area contributed by atoms with Crippen molar-refractivity contribution in [3.8, 4) is 5.75 Å². The van der Waals surface area contributed by atoms with Crippen LogP contribution in [-0.4, -0.2) is 28.6 Å². The summed E-state index contributed by atoms with van der Waals surface area (Å²) in [6.07, 6.45) is 0. The van der Waals surface area contributed by atoms with Crippen LogP contribution in [0.1, 0.15) is 11.1 Å². The summed E-state index contributed by atoms with van der Waals surface area (Å²) in [5.74, 6) is -0.516.